The standard InChI is InChI=1S/C15H12FN3O/c16-12-7-10(8-17)5-6-14(12)20-15-11-3-1-2-4-13(11)18-9-19-15/h1-7,9H,8,17H2. The van der Waals surface area contributed by atoms with Gasteiger partial charge in [-0.2, -0.15) is 0 Å². The van der Waals surface area contributed by atoms with Crippen molar-refractivity contribution >= 4 is 10.9 Å². The van der Waals surface area contributed by atoms with E-state index in [1.165, 1.54) is 12.4 Å². The largest absolute Gasteiger partial charge is 0.435 e. The molecule has 0 atom stereocenters. The minimum atomic E-state index is -0.462. The smallest absolute Gasteiger partial charge is 0.230 e. The molecule has 1 heterocycles. The molecule has 0 aliphatic heterocycles. The molecule has 0 fully saturated rings. The highest BCUT2D eigenvalue weighted by Crippen LogP contribution is 2.28. The lowest BCUT2D eigenvalue weighted by Crippen LogP contribution is -1.98. The van der Waals surface area contributed by atoms with Crippen LogP contribution in [-0.4, -0.2) is 9.97 Å². The lowest BCUT2D eigenvalue weighted by Gasteiger charge is -2.08. The lowest BCUT2D eigenvalue weighted by molar-refractivity contribution is 0.431. The van der Waals surface area contributed by atoms with E-state index in [1.807, 2.05) is 24.3 Å². The van der Waals surface area contributed by atoms with E-state index in [4.69, 9.17) is 10.5 Å². The zero-order valence-electron chi connectivity index (χ0n) is 10.6. The summed E-state index contributed by atoms with van der Waals surface area (Å²) in [5.41, 5.74) is 6.92. The predicted octanol–water partition coefficient (Wildman–Crippen LogP) is 3.02. The topological polar surface area (TPSA) is 61.0 Å². The van der Waals surface area contributed by atoms with Crippen LogP contribution >= 0.6 is 0 Å². The van der Waals surface area contributed by atoms with Gasteiger partial charge in [0.1, 0.15) is 6.33 Å². The Morgan fingerprint density at radius 2 is 1.95 bits per heavy atom. The average molecular weight is 269 g/mol. The second-order valence-corrected chi connectivity index (χ2v) is 4.27. The van der Waals surface area contributed by atoms with Crippen LogP contribution in [0.25, 0.3) is 10.9 Å². The van der Waals surface area contributed by atoms with Crippen LogP contribution in [0.1, 0.15) is 5.56 Å². The Labute approximate surface area is 115 Å². The van der Waals surface area contributed by atoms with Crippen LogP contribution in [-0.2, 0) is 6.54 Å². The van der Waals surface area contributed by atoms with E-state index >= 15 is 0 Å². The molecule has 0 bridgehead atoms. The minimum absolute atomic E-state index is 0.117. The maximum atomic E-state index is 13.9. The van der Waals surface area contributed by atoms with E-state index in [0.29, 0.717) is 11.4 Å². The summed E-state index contributed by atoms with van der Waals surface area (Å²) in [6.45, 7) is 0.285. The quantitative estimate of drug-likeness (QED) is 0.794. The summed E-state index contributed by atoms with van der Waals surface area (Å²) in [7, 11) is 0. The van der Waals surface area contributed by atoms with Gasteiger partial charge in [0.15, 0.2) is 11.6 Å². The molecule has 5 heteroatoms. The van der Waals surface area contributed by atoms with Crippen molar-refractivity contribution in [3.05, 3.63) is 60.2 Å². The molecule has 0 unspecified atom stereocenters. The Morgan fingerprint density at radius 3 is 2.75 bits per heavy atom. The third kappa shape index (κ3) is 2.31. The van der Waals surface area contributed by atoms with Crippen molar-refractivity contribution < 1.29 is 9.13 Å². The third-order valence-electron chi connectivity index (χ3n) is 2.94. The molecule has 0 amide bonds. The van der Waals surface area contributed by atoms with Crippen molar-refractivity contribution in [1.82, 2.24) is 9.97 Å². The Balaban J connectivity index is 2.01. The molecule has 0 aliphatic carbocycles. The summed E-state index contributed by atoms with van der Waals surface area (Å²) < 4.78 is 19.5. The van der Waals surface area contributed by atoms with Gasteiger partial charge in [0.25, 0.3) is 0 Å². The van der Waals surface area contributed by atoms with Gasteiger partial charge in [-0.25, -0.2) is 14.4 Å². The van der Waals surface area contributed by atoms with Gasteiger partial charge in [0, 0.05) is 6.54 Å². The van der Waals surface area contributed by atoms with Crippen LogP contribution in [0, 0.1) is 5.82 Å². The first-order chi connectivity index (χ1) is 9.78. The highest BCUT2D eigenvalue weighted by Gasteiger charge is 2.09. The first kappa shape index (κ1) is 12.5. The molecule has 4 nitrogen and oxygen atoms in total. The van der Waals surface area contributed by atoms with E-state index in [2.05, 4.69) is 9.97 Å². The number of hydrogen-bond acceptors (Lipinski definition) is 4. The number of halogens is 1. The average Bonchev–Trinajstić information content (AvgIpc) is 2.49. The third-order valence-corrected chi connectivity index (χ3v) is 2.94. The van der Waals surface area contributed by atoms with E-state index in [-0.39, 0.29) is 12.3 Å². The fraction of sp³-hybridized carbons (Fsp3) is 0.0667. The maximum Gasteiger partial charge on any atom is 0.230 e. The maximum absolute atomic E-state index is 13.9. The second kappa shape index (κ2) is 5.22. The monoisotopic (exact) mass is 269 g/mol. The van der Waals surface area contributed by atoms with Crippen molar-refractivity contribution in [3.63, 3.8) is 0 Å². The van der Waals surface area contributed by atoms with Gasteiger partial charge >= 0.3 is 0 Å². The fourth-order valence-electron chi connectivity index (χ4n) is 1.92. The molecule has 0 saturated carbocycles. The Morgan fingerprint density at radius 1 is 1.10 bits per heavy atom. The number of fused-ring (bicyclic) bond motifs is 1. The van der Waals surface area contributed by atoms with Gasteiger partial charge in [-0.05, 0) is 29.8 Å². The molecule has 0 spiro atoms. The van der Waals surface area contributed by atoms with Crippen LogP contribution in [0.4, 0.5) is 4.39 Å². The van der Waals surface area contributed by atoms with E-state index in [0.717, 1.165) is 10.9 Å². The van der Waals surface area contributed by atoms with E-state index in [1.54, 1.807) is 12.1 Å². The fourth-order valence-corrected chi connectivity index (χ4v) is 1.92. The molecule has 2 N–H and O–H groups in total. The number of nitrogens with two attached hydrogens (primary N) is 1. The van der Waals surface area contributed by atoms with Gasteiger partial charge in [-0.15, -0.1) is 0 Å². The molecular formula is C15H12FN3O. The zero-order valence-corrected chi connectivity index (χ0v) is 10.6. The summed E-state index contributed by atoms with van der Waals surface area (Å²) in [6.07, 6.45) is 1.39. The van der Waals surface area contributed by atoms with E-state index in [9.17, 15) is 4.39 Å². The SMILES string of the molecule is NCc1ccc(Oc2ncnc3ccccc23)c(F)c1. The van der Waals surface area contributed by atoms with Crippen LogP contribution in [0.3, 0.4) is 0 Å². The summed E-state index contributed by atoms with van der Waals surface area (Å²) in [6, 6.07) is 12.0. The summed E-state index contributed by atoms with van der Waals surface area (Å²) >= 11 is 0. The summed E-state index contributed by atoms with van der Waals surface area (Å²) in [4.78, 5) is 8.19. The normalized spacial score (nSPS) is 10.7. The van der Waals surface area contributed by atoms with Crippen molar-refractivity contribution in [2.75, 3.05) is 0 Å². The van der Waals surface area contributed by atoms with Crippen molar-refractivity contribution in [1.29, 1.82) is 0 Å². The van der Waals surface area contributed by atoms with Crippen LogP contribution in [0.15, 0.2) is 48.8 Å². The highest BCUT2D eigenvalue weighted by molar-refractivity contribution is 5.83. The molecule has 0 aliphatic rings. The van der Waals surface area contributed by atoms with Crippen molar-refractivity contribution in [2.24, 2.45) is 5.73 Å². The molecule has 3 rings (SSSR count). The molecule has 100 valence electrons. The Hall–Kier alpha value is -2.53. The molecular weight excluding hydrogens is 257 g/mol. The molecule has 0 saturated heterocycles. The number of para-hydroxylation sites is 1. The minimum Gasteiger partial charge on any atom is -0.435 e. The number of rotatable bonds is 3. The van der Waals surface area contributed by atoms with Gasteiger partial charge in [-0.1, -0.05) is 18.2 Å². The number of benzene rings is 2. The van der Waals surface area contributed by atoms with E-state index < -0.39 is 5.82 Å². The summed E-state index contributed by atoms with van der Waals surface area (Å²) in [5, 5.41) is 0.734. The van der Waals surface area contributed by atoms with Gasteiger partial charge in [-0.3, -0.25) is 0 Å². The highest BCUT2D eigenvalue weighted by atomic mass is 19.1. The number of aromatic nitrogens is 2. The number of ether oxygens (including phenoxy) is 1. The van der Waals surface area contributed by atoms with Crippen molar-refractivity contribution in [3.8, 4) is 11.6 Å². The van der Waals surface area contributed by atoms with Crippen LogP contribution in [0.2, 0.25) is 0 Å². The zero-order chi connectivity index (χ0) is 13.9. The first-order valence-corrected chi connectivity index (χ1v) is 6.14. The predicted molar refractivity (Wildman–Crippen MR) is 73.9 cm³/mol. The number of hydrogen-bond donors (Lipinski definition) is 1. The molecule has 2 aromatic carbocycles. The summed E-state index contributed by atoms with van der Waals surface area (Å²) in [5.74, 6) is -0.0169. The Kier molecular flexibility index (Phi) is 3.26. The van der Waals surface area contributed by atoms with Gasteiger partial charge < -0.3 is 10.5 Å². The van der Waals surface area contributed by atoms with Gasteiger partial charge in [0.05, 0.1) is 10.9 Å². The lowest BCUT2D eigenvalue weighted by atomic mass is 10.2. The van der Waals surface area contributed by atoms with Crippen molar-refractivity contribution in [2.45, 2.75) is 6.54 Å². The Bertz CT molecular complexity index is 756. The number of nitrogens with zero attached hydrogens (tertiary/aromatic N) is 2. The van der Waals surface area contributed by atoms with Crippen LogP contribution in [0.5, 0.6) is 11.6 Å². The van der Waals surface area contributed by atoms with Crippen LogP contribution < -0.4 is 10.5 Å². The van der Waals surface area contributed by atoms with Gasteiger partial charge in [0.2, 0.25) is 5.88 Å². The second-order valence-electron chi connectivity index (χ2n) is 4.27. The molecule has 20 heavy (non-hydrogen) atoms. The molecule has 3 aromatic rings. The molecule has 1 aromatic heterocycles. The molecule has 0 radical (unpaired) electrons. The first-order valence-electron chi connectivity index (χ1n) is 6.14.